The van der Waals surface area contributed by atoms with Gasteiger partial charge in [-0.05, 0) is 12.1 Å². The number of aromatic amines is 1. The maximum atomic E-state index is 12.7. The summed E-state index contributed by atoms with van der Waals surface area (Å²) < 4.78 is 3.03. The van der Waals surface area contributed by atoms with Gasteiger partial charge in [0, 0.05) is 48.8 Å². The number of anilines is 1. The number of amides is 1. The average molecular weight is 466 g/mol. The Bertz CT molecular complexity index is 1250. The molecule has 0 atom stereocenters. The maximum Gasteiger partial charge on any atom is 0.329 e. The number of primary amides is 1. The number of hydrogen-bond acceptors (Lipinski definition) is 6. The highest BCUT2D eigenvalue weighted by Gasteiger charge is 2.26. The van der Waals surface area contributed by atoms with Crippen molar-refractivity contribution in [2.45, 2.75) is 6.54 Å². The average Bonchev–Trinajstić information content (AvgIpc) is 3.09. The molecule has 0 unspecified atom stereocenters. The van der Waals surface area contributed by atoms with Crippen molar-refractivity contribution in [1.29, 1.82) is 0 Å². The standard InChI is InChI=1S/C19H21Cl2N7O3/c1-25-16-15(17(30)24-19(25)31)28(9-11-12(20)3-2-4-13(11)21)18(23-16)27-7-5-26(6-8-27)10-14(22)29/h2-4H,5-10H2,1H3,(H2,22,29)(H,24,30,31). The first-order chi connectivity index (χ1) is 14.8. The molecule has 3 N–H and O–H groups in total. The number of halogens is 2. The number of imidazole rings is 1. The van der Waals surface area contributed by atoms with Crippen LogP contribution >= 0.6 is 23.2 Å². The third kappa shape index (κ3) is 4.06. The van der Waals surface area contributed by atoms with Crippen molar-refractivity contribution in [2.75, 3.05) is 37.6 Å². The zero-order valence-corrected chi connectivity index (χ0v) is 18.3. The minimum Gasteiger partial charge on any atom is -0.369 e. The van der Waals surface area contributed by atoms with E-state index in [1.54, 1.807) is 29.8 Å². The summed E-state index contributed by atoms with van der Waals surface area (Å²) in [5.74, 6) is 0.145. The van der Waals surface area contributed by atoms with E-state index in [0.717, 1.165) is 0 Å². The number of nitrogens with two attached hydrogens (primary N) is 1. The van der Waals surface area contributed by atoms with Crippen LogP contribution in [0, 0.1) is 0 Å². The van der Waals surface area contributed by atoms with Gasteiger partial charge in [0.25, 0.3) is 5.56 Å². The molecule has 2 aromatic heterocycles. The summed E-state index contributed by atoms with van der Waals surface area (Å²) in [6.45, 7) is 2.74. The van der Waals surface area contributed by atoms with Crippen molar-refractivity contribution in [1.82, 2.24) is 24.0 Å². The van der Waals surface area contributed by atoms with E-state index in [1.807, 2.05) is 9.80 Å². The number of fused-ring (bicyclic) bond motifs is 1. The van der Waals surface area contributed by atoms with Gasteiger partial charge in [0.1, 0.15) is 0 Å². The molecule has 164 valence electrons. The van der Waals surface area contributed by atoms with Gasteiger partial charge in [-0.15, -0.1) is 0 Å². The largest absolute Gasteiger partial charge is 0.369 e. The van der Waals surface area contributed by atoms with Gasteiger partial charge in [0.2, 0.25) is 11.9 Å². The Hall–Kier alpha value is -2.82. The molecule has 0 bridgehead atoms. The monoisotopic (exact) mass is 465 g/mol. The van der Waals surface area contributed by atoms with Gasteiger partial charge in [-0.1, -0.05) is 29.3 Å². The Kier molecular flexibility index (Phi) is 5.78. The Labute approximate surface area is 186 Å². The Balaban J connectivity index is 1.82. The molecule has 0 saturated carbocycles. The van der Waals surface area contributed by atoms with Gasteiger partial charge < -0.3 is 10.6 Å². The van der Waals surface area contributed by atoms with Crippen molar-refractivity contribution in [3.8, 4) is 0 Å². The van der Waals surface area contributed by atoms with Crippen LogP contribution in [0.4, 0.5) is 5.95 Å². The molecule has 0 aliphatic carbocycles. The topological polar surface area (TPSA) is 122 Å². The number of carbonyl (C=O) groups is 1. The minimum atomic E-state index is -0.546. The molecule has 4 rings (SSSR count). The van der Waals surface area contributed by atoms with Crippen molar-refractivity contribution in [3.05, 3.63) is 54.6 Å². The Morgan fingerprint density at radius 1 is 1.16 bits per heavy atom. The zero-order valence-electron chi connectivity index (χ0n) is 16.8. The lowest BCUT2D eigenvalue weighted by atomic mass is 10.2. The van der Waals surface area contributed by atoms with E-state index in [-0.39, 0.29) is 30.2 Å². The molecule has 0 spiro atoms. The first-order valence-corrected chi connectivity index (χ1v) is 10.4. The van der Waals surface area contributed by atoms with Crippen LogP contribution in [0.1, 0.15) is 5.56 Å². The lowest BCUT2D eigenvalue weighted by molar-refractivity contribution is -0.119. The van der Waals surface area contributed by atoms with Gasteiger partial charge in [-0.2, -0.15) is 4.98 Å². The molecule has 1 amide bonds. The normalized spacial score (nSPS) is 15.0. The first kappa shape index (κ1) is 21.4. The van der Waals surface area contributed by atoms with Gasteiger partial charge in [0.15, 0.2) is 11.2 Å². The van der Waals surface area contributed by atoms with E-state index in [2.05, 4.69) is 9.97 Å². The third-order valence-electron chi connectivity index (χ3n) is 5.40. The molecule has 0 radical (unpaired) electrons. The molecule has 10 nitrogen and oxygen atoms in total. The van der Waals surface area contributed by atoms with Crippen LogP contribution in [-0.4, -0.2) is 62.6 Å². The lowest BCUT2D eigenvalue weighted by Crippen LogP contribution is -2.49. The summed E-state index contributed by atoms with van der Waals surface area (Å²) in [6.07, 6.45) is 0. The fourth-order valence-corrected chi connectivity index (χ4v) is 4.30. The summed E-state index contributed by atoms with van der Waals surface area (Å²) >= 11 is 12.8. The maximum absolute atomic E-state index is 12.7. The van der Waals surface area contributed by atoms with Gasteiger partial charge >= 0.3 is 5.69 Å². The molecular weight excluding hydrogens is 445 g/mol. The zero-order chi connectivity index (χ0) is 22.3. The summed E-state index contributed by atoms with van der Waals surface area (Å²) in [5, 5.41) is 0.931. The molecule has 1 aliphatic rings. The summed E-state index contributed by atoms with van der Waals surface area (Å²) in [6, 6.07) is 5.20. The molecule has 3 heterocycles. The number of rotatable bonds is 5. The van der Waals surface area contributed by atoms with Crippen LogP contribution in [0.3, 0.4) is 0 Å². The summed E-state index contributed by atoms with van der Waals surface area (Å²) in [4.78, 5) is 47.0. The molecule has 31 heavy (non-hydrogen) atoms. The van der Waals surface area contributed by atoms with Crippen LogP contribution < -0.4 is 21.9 Å². The van der Waals surface area contributed by atoms with Crippen LogP contribution in [0.25, 0.3) is 11.2 Å². The van der Waals surface area contributed by atoms with Crippen LogP contribution in [0.15, 0.2) is 27.8 Å². The highest BCUT2D eigenvalue weighted by molar-refractivity contribution is 6.36. The SMILES string of the molecule is Cn1c(=O)[nH]c(=O)c2c1nc(N1CCN(CC(N)=O)CC1)n2Cc1c(Cl)cccc1Cl. The van der Waals surface area contributed by atoms with Crippen LogP contribution in [0.5, 0.6) is 0 Å². The van der Waals surface area contributed by atoms with E-state index >= 15 is 0 Å². The number of aryl methyl sites for hydroxylation is 1. The van der Waals surface area contributed by atoms with E-state index < -0.39 is 11.2 Å². The van der Waals surface area contributed by atoms with Crippen molar-refractivity contribution in [3.63, 3.8) is 0 Å². The second kappa shape index (κ2) is 8.37. The highest BCUT2D eigenvalue weighted by atomic mass is 35.5. The predicted molar refractivity (Wildman–Crippen MR) is 119 cm³/mol. The van der Waals surface area contributed by atoms with Gasteiger partial charge in [-0.3, -0.25) is 28.6 Å². The number of nitrogens with one attached hydrogen (secondary N) is 1. The number of nitrogens with zero attached hydrogens (tertiary/aromatic N) is 5. The van der Waals surface area contributed by atoms with Crippen molar-refractivity contribution >= 4 is 46.2 Å². The van der Waals surface area contributed by atoms with E-state index in [1.165, 1.54) is 4.57 Å². The first-order valence-electron chi connectivity index (χ1n) is 9.64. The Morgan fingerprint density at radius 3 is 2.42 bits per heavy atom. The molecule has 1 fully saturated rings. The Morgan fingerprint density at radius 2 is 1.81 bits per heavy atom. The van der Waals surface area contributed by atoms with Crippen molar-refractivity contribution in [2.24, 2.45) is 12.8 Å². The van der Waals surface area contributed by atoms with E-state index in [9.17, 15) is 14.4 Å². The quantitative estimate of drug-likeness (QED) is 0.561. The van der Waals surface area contributed by atoms with E-state index in [4.69, 9.17) is 28.9 Å². The molecule has 1 aromatic carbocycles. The number of H-pyrrole nitrogens is 1. The van der Waals surface area contributed by atoms with Crippen LogP contribution in [0.2, 0.25) is 10.0 Å². The lowest BCUT2D eigenvalue weighted by Gasteiger charge is -2.34. The minimum absolute atomic E-state index is 0.188. The second-order valence-corrected chi connectivity index (χ2v) is 8.23. The summed E-state index contributed by atoms with van der Waals surface area (Å²) in [5.41, 5.74) is 5.39. The van der Waals surface area contributed by atoms with Gasteiger partial charge in [0.05, 0.1) is 13.1 Å². The number of piperazine rings is 1. The fourth-order valence-electron chi connectivity index (χ4n) is 3.78. The van der Waals surface area contributed by atoms with Gasteiger partial charge in [-0.25, -0.2) is 4.79 Å². The number of benzene rings is 1. The molecule has 1 saturated heterocycles. The number of carbonyl (C=O) groups excluding carboxylic acids is 1. The van der Waals surface area contributed by atoms with E-state index in [0.29, 0.717) is 47.7 Å². The second-order valence-electron chi connectivity index (χ2n) is 7.42. The molecule has 3 aromatic rings. The molecule has 12 heteroatoms. The smallest absolute Gasteiger partial charge is 0.329 e. The number of aromatic nitrogens is 4. The number of hydrogen-bond donors (Lipinski definition) is 2. The molecule has 1 aliphatic heterocycles. The molecular formula is C19H21Cl2N7O3. The van der Waals surface area contributed by atoms with Crippen LogP contribution in [-0.2, 0) is 18.4 Å². The van der Waals surface area contributed by atoms with Crippen molar-refractivity contribution < 1.29 is 4.79 Å². The third-order valence-corrected chi connectivity index (χ3v) is 6.11. The fraction of sp³-hybridized carbons (Fsp3) is 0.368. The summed E-state index contributed by atoms with van der Waals surface area (Å²) in [7, 11) is 1.55. The highest BCUT2D eigenvalue weighted by Crippen LogP contribution is 2.29. The predicted octanol–water partition coefficient (Wildman–Crippen LogP) is 0.386.